The van der Waals surface area contributed by atoms with E-state index >= 15 is 0 Å². The van der Waals surface area contributed by atoms with E-state index in [0.717, 1.165) is 31.4 Å². The molecule has 18 heavy (non-hydrogen) atoms. The van der Waals surface area contributed by atoms with Gasteiger partial charge in [0.05, 0.1) is 11.5 Å². The molecule has 0 saturated carbocycles. The molecule has 1 atom stereocenters. The van der Waals surface area contributed by atoms with Crippen molar-refractivity contribution in [2.45, 2.75) is 25.3 Å². The summed E-state index contributed by atoms with van der Waals surface area (Å²) in [6, 6.07) is 6.48. The Bertz CT molecular complexity index is 484. The number of nitrogens with one attached hydrogen (secondary N) is 1. The third-order valence-electron chi connectivity index (χ3n) is 3.22. The highest BCUT2D eigenvalue weighted by Crippen LogP contribution is 2.12. The molecule has 1 heterocycles. The summed E-state index contributed by atoms with van der Waals surface area (Å²) in [4.78, 5) is 0. The van der Waals surface area contributed by atoms with Crippen molar-refractivity contribution in [3.63, 3.8) is 0 Å². The van der Waals surface area contributed by atoms with Crippen molar-refractivity contribution >= 4 is 9.84 Å². The van der Waals surface area contributed by atoms with Crippen molar-refractivity contribution in [1.82, 2.24) is 5.32 Å². The third kappa shape index (κ3) is 4.07. The Kier molecular flexibility index (Phi) is 4.35. The number of sulfone groups is 1. The van der Waals surface area contributed by atoms with E-state index in [1.54, 1.807) is 12.1 Å². The highest BCUT2D eigenvalue weighted by Gasteiger charge is 2.23. The maximum absolute atomic E-state index is 12.7. The van der Waals surface area contributed by atoms with Crippen LogP contribution in [0.4, 0.5) is 4.39 Å². The van der Waals surface area contributed by atoms with Crippen LogP contribution in [0.1, 0.15) is 18.4 Å². The molecule has 1 aromatic carbocycles. The predicted octanol–water partition coefficient (Wildman–Crippen LogP) is 1.53. The lowest BCUT2D eigenvalue weighted by Crippen LogP contribution is -2.40. The van der Waals surface area contributed by atoms with Crippen molar-refractivity contribution in [1.29, 1.82) is 0 Å². The van der Waals surface area contributed by atoms with Gasteiger partial charge in [-0.3, -0.25) is 0 Å². The normalized spacial score (nSPS) is 22.8. The average Bonchev–Trinajstić information content (AvgIpc) is 2.30. The number of hydrogen-bond acceptors (Lipinski definition) is 3. The van der Waals surface area contributed by atoms with Crippen LogP contribution < -0.4 is 5.32 Å². The summed E-state index contributed by atoms with van der Waals surface area (Å²) in [5.41, 5.74) is 1.06. The SMILES string of the molecule is O=S1(=O)CCCC(NCCc2ccc(F)cc2)C1. The lowest BCUT2D eigenvalue weighted by Gasteiger charge is -2.23. The monoisotopic (exact) mass is 271 g/mol. The second-order valence-corrected chi connectivity index (χ2v) is 7.01. The van der Waals surface area contributed by atoms with E-state index in [1.807, 2.05) is 0 Å². The summed E-state index contributed by atoms with van der Waals surface area (Å²) in [5.74, 6) is 0.338. The zero-order valence-electron chi connectivity index (χ0n) is 10.2. The molecule has 1 N–H and O–H groups in total. The summed E-state index contributed by atoms with van der Waals surface area (Å²) < 4.78 is 35.6. The Morgan fingerprint density at radius 3 is 2.67 bits per heavy atom. The average molecular weight is 271 g/mol. The van der Waals surface area contributed by atoms with E-state index < -0.39 is 9.84 Å². The molecule has 1 unspecified atom stereocenters. The van der Waals surface area contributed by atoms with Crippen LogP contribution in [0.25, 0.3) is 0 Å². The summed E-state index contributed by atoms with van der Waals surface area (Å²) in [6.45, 7) is 0.728. The topological polar surface area (TPSA) is 46.2 Å². The first-order valence-corrected chi connectivity index (χ1v) is 8.05. The van der Waals surface area contributed by atoms with Crippen LogP contribution in [0, 0.1) is 5.82 Å². The van der Waals surface area contributed by atoms with Gasteiger partial charge in [-0.25, -0.2) is 12.8 Å². The molecule has 5 heteroatoms. The maximum Gasteiger partial charge on any atom is 0.151 e. The van der Waals surface area contributed by atoms with Gasteiger partial charge >= 0.3 is 0 Å². The quantitative estimate of drug-likeness (QED) is 0.903. The van der Waals surface area contributed by atoms with E-state index in [9.17, 15) is 12.8 Å². The smallest absolute Gasteiger partial charge is 0.151 e. The first-order valence-electron chi connectivity index (χ1n) is 6.23. The molecule has 2 rings (SSSR count). The van der Waals surface area contributed by atoms with Crippen molar-refractivity contribution in [2.75, 3.05) is 18.1 Å². The van der Waals surface area contributed by atoms with Crippen LogP contribution in [0.15, 0.2) is 24.3 Å². The fourth-order valence-electron chi connectivity index (χ4n) is 2.26. The van der Waals surface area contributed by atoms with E-state index in [2.05, 4.69) is 5.32 Å². The minimum absolute atomic E-state index is 0.0733. The zero-order chi connectivity index (χ0) is 13.0. The first-order chi connectivity index (χ1) is 8.55. The summed E-state index contributed by atoms with van der Waals surface area (Å²) >= 11 is 0. The van der Waals surface area contributed by atoms with Gasteiger partial charge in [0.25, 0.3) is 0 Å². The van der Waals surface area contributed by atoms with Gasteiger partial charge in [-0.1, -0.05) is 12.1 Å². The molecule has 1 aromatic rings. The van der Waals surface area contributed by atoms with Crippen molar-refractivity contribution in [3.8, 4) is 0 Å². The molecule has 1 saturated heterocycles. The Hall–Kier alpha value is -0.940. The van der Waals surface area contributed by atoms with Gasteiger partial charge in [0, 0.05) is 6.04 Å². The number of hydrogen-bond donors (Lipinski definition) is 1. The molecular weight excluding hydrogens is 253 g/mol. The molecule has 0 radical (unpaired) electrons. The van der Waals surface area contributed by atoms with Gasteiger partial charge in [-0.05, 0) is 43.5 Å². The van der Waals surface area contributed by atoms with Gasteiger partial charge in [-0.2, -0.15) is 0 Å². The fourth-order valence-corrected chi connectivity index (χ4v) is 3.93. The van der Waals surface area contributed by atoms with Gasteiger partial charge in [0.15, 0.2) is 9.84 Å². The molecule has 100 valence electrons. The van der Waals surface area contributed by atoms with Crippen LogP contribution >= 0.6 is 0 Å². The molecule has 0 aromatic heterocycles. The van der Waals surface area contributed by atoms with E-state index in [1.165, 1.54) is 12.1 Å². The first kappa shape index (κ1) is 13.5. The van der Waals surface area contributed by atoms with Crippen molar-refractivity contribution in [3.05, 3.63) is 35.6 Å². The van der Waals surface area contributed by atoms with Crippen LogP contribution in [-0.4, -0.2) is 32.5 Å². The number of halogens is 1. The Morgan fingerprint density at radius 1 is 1.28 bits per heavy atom. The van der Waals surface area contributed by atoms with Gasteiger partial charge in [-0.15, -0.1) is 0 Å². The number of benzene rings is 1. The summed E-state index contributed by atoms with van der Waals surface area (Å²) in [6.07, 6.45) is 2.45. The van der Waals surface area contributed by atoms with Crippen LogP contribution in [0.3, 0.4) is 0 Å². The molecule has 0 bridgehead atoms. The summed E-state index contributed by atoms with van der Waals surface area (Å²) in [7, 11) is -2.84. The lowest BCUT2D eigenvalue weighted by molar-refractivity contribution is 0.483. The van der Waals surface area contributed by atoms with E-state index in [-0.39, 0.29) is 17.6 Å². The Morgan fingerprint density at radius 2 is 2.00 bits per heavy atom. The molecule has 0 spiro atoms. The molecule has 1 fully saturated rings. The maximum atomic E-state index is 12.7. The second kappa shape index (κ2) is 5.80. The van der Waals surface area contributed by atoms with Crippen LogP contribution in [0.2, 0.25) is 0 Å². The third-order valence-corrected chi connectivity index (χ3v) is 5.04. The van der Waals surface area contributed by atoms with E-state index in [4.69, 9.17) is 0 Å². The summed E-state index contributed by atoms with van der Waals surface area (Å²) in [5, 5.41) is 3.27. The Balaban J connectivity index is 1.77. The van der Waals surface area contributed by atoms with Crippen LogP contribution in [-0.2, 0) is 16.3 Å². The van der Waals surface area contributed by atoms with Crippen LogP contribution in [0.5, 0.6) is 0 Å². The molecule has 3 nitrogen and oxygen atoms in total. The molecule has 1 aliphatic rings. The van der Waals surface area contributed by atoms with Gasteiger partial charge in [0.1, 0.15) is 5.82 Å². The molecule has 0 aliphatic carbocycles. The lowest BCUT2D eigenvalue weighted by atomic mass is 10.1. The zero-order valence-corrected chi connectivity index (χ0v) is 11.0. The van der Waals surface area contributed by atoms with Crippen molar-refractivity contribution in [2.24, 2.45) is 0 Å². The fraction of sp³-hybridized carbons (Fsp3) is 0.538. The molecular formula is C13H18FNO2S. The standard InChI is InChI=1S/C13H18FNO2S/c14-12-5-3-11(4-6-12)7-8-15-13-2-1-9-18(16,17)10-13/h3-6,13,15H,1-2,7-10H2. The molecule has 0 amide bonds. The number of rotatable bonds is 4. The van der Waals surface area contributed by atoms with E-state index in [0.29, 0.717) is 5.75 Å². The largest absolute Gasteiger partial charge is 0.313 e. The highest BCUT2D eigenvalue weighted by molar-refractivity contribution is 7.91. The Labute approximate surface area is 107 Å². The minimum Gasteiger partial charge on any atom is -0.313 e. The van der Waals surface area contributed by atoms with Gasteiger partial charge in [0.2, 0.25) is 0 Å². The predicted molar refractivity (Wildman–Crippen MR) is 69.8 cm³/mol. The molecule has 1 aliphatic heterocycles. The second-order valence-electron chi connectivity index (χ2n) is 4.78. The highest BCUT2D eigenvalue weighted by atomic mass is 32.2. The van der Waals surface area contributed by atoms with Crippen molar-refractivity contribution < 1.29 is 12.8 Å². The minimum atomic E-state index is -2.84. The van der Waals surface area contributed by atoms with Gasteiger partial charge < -0.3 is 5.32 Å².